The summed E-state index contributed by atoms with van der Waals surface area (Å²) in [5.41, 5.74) is 0.790. The first-order valence-corrected chi connectivity index (χ1v) is 10.9. The Morgan fingerprint density at radius 1 is 1.10 bits per heavy atom. The average molecular weight is 436 g/mol. The normalized spacial score (nSPS) is 15.4. The van der Waals surface area contributed by atoms with Crippen molar-refractivity contribution in [2.45, 2.75) is 23.8 Å². The van der Waals surface area contributed by atoms with E-state index in [1.165, 1.54) is 33.4 Å². The van der Waals surface area contributed by atoms with E-state index >= 15 is 0 Å². The lowest BCUT2D eigenvalue weighted by atomic mass is 10.0. The molecule has 0 N–H and O–H groups in total. The molecule has 1 saturated heterocycles. The van der Waals surface area contributed by atoms with Crippen LogP contribution in [0.1, 0.15) is 39.7 Å². The fourth-order valence-corrected chi connectivity index (χ4v) is 4.58. The summed E-state index contributed by atoms with van der Waals surface area (Å²) >= 11 is 0. The SMILES string of the molecule is COC(=O)c1cccn1C1CCN(C(=O)c2cccc(S(=O)(=O)N(C)OC)c2)CC1. The van der Waals surface area contributed by atoms with Crippen LogP contribution >= 0.6 is 0 Å². The molecule has 162 valence electrons. The monoisotopic (exact) mass is 435 g/mol. The molecule has 0 atom stereocenters. The number of piperidine rings is 1. The minimum Gasteiger partial charge on any atom is -0.464 e. The number of sulfonamides is 1. The van der Waals surface area contributed by atoms with Gasteiger partial charge < -0.3 is 14.2 Å². The highest BCUT2D eigenvalue weighted by molar-refractivity contribution is 7.89. The van der Waals surface area contributed by atoms with Gasteiger partial charge in [-0.05, 0) is 43.2 Å². The maximum atomic E-state index is 12.9. The van der Waals surface area contributed by atoms with Crippen molar-refractivity contribution in [2.75, 3.05) is 34.4 Å². The molecule has 2 aromatic rings. The number of hydrogen-bond acceptors (Lipinski definition) is 6. The van der Waals surface area contributed by atoms with Crippen LogP contribution in [0.3, 0.4) is 0 Å². The number of amides is 1. The van der Waals surface area contributed by atoms with Crippen LogP contribution in [0, 0.1) is 0 Å². The molecule has 2 heterocycles. The summed E-state index contributed by atoms with van der Waals surface area (Å²) < 4.78 is 32.3. The Bertz CT molecular complexity index is 1020. The van der Waals surface area contributed by atoms with Gasteiger partial charge in [-0.1, -0.05) is 10.5 Å². The number of hydroxylamine groups is 1. The van der Waals surface area contributed by atoms with Gasteiger partial charge in [-0.2, -0.15) is 0 Å². The molecule has 3 rings (SSSR count). The van der Waals surface area contributed by atoms with Crippen molar-refractivity contribution in [1.82, 2.24) is 13.9 Å². The number of ether oxygens (including phenoxy) is 1. The quantitative estimate of drug-likeness (QED) is 0.508. The van der Waals surface area contributed by atoms with E-state index in [0.29, 0.717) is 37.2 Å². The van der Waals surface area contributed by atoms with E-state index in [9.17, 15) is 18.0 Å². The summed E-state index contributed by atoms with van der Waals surface area (Å²) in [6, 6.07) is 9.52. The average Bonchev–Trinajstić information content (AvgIpc) is 3.27. The third kappa shape index (κ3) is 4.25. The number of likely N-dealkylation sites (tertiary alicyclic amines) is 1. The second-order valence-electron chi connectivity index (χ2n) is 6.94. The van der Waals surface area contributed by atoms with Crippen molar-refractivity contribution in [1.29, 1.82) is 0 Å². The number of nitrogens with zero attached hydrogens (tertiary/aromatic N) is 3. The largest absolute Gasteiger partial charge is 0.464 e. The second kappa shape index (κ2) is 8.99. The molecule has 30 heavy (non-hydrogen) atoms. The van der Waals surface area contributed by atoms with Crippen LogP contribution in [0.4, 0.5) is 0 Å². The predicted molar refractivity (Wildman–Crippen MR) is 108 cm³/mol. The highest BCUT2D eigenvalue weighted by Gasteiger charge is 2.28. The van der Waals surface area contributed by atoms with E-state index < -0.39 is 16.0 Å². The van der Waals surface area contributed by atoms with Gasteiger partial charge in [-0.15, -0.1) is 0 Å². The van der Waals surface area contributed by atoms with Crippen molar-refractivity contribution >= 4 is 21.9 Å². The molecular formula is C20H25N3O6S. The highest BCUT2D eigenvalue weighted by Crippen LogP contribution is 2.26. The van der Waals surface area contributed by atoms with Crippen LogP contribution in [-0.4, -0.2) is 68.6 Å². The molecule has 1 aromatic heterocycles. The number of methoxy groups -OCH3 is 1. The van der Waals surface area contributed by atoms with E-state index in [2.05, 4.69) is 0 Å². The van der Waals surface area contributed by atoms with Crippen molar-refractivity contribution < 1.29 is 27.6 Å². The van der Waals surface area contributed by atoms with E-state index in [4.69, 9.17) is 9.57 Å². The molecule has 0 unspecified atom stereocenters. The fourth-order valence-electron chi connectivity index (χ4n) is 3.56. The highest BCUT2D eigenvalue weighted by atomic mass is 32.2. The maximum absolute atomic E-state index is 12.9. The summed E-state index contributed by atoms with van der Waals surface area (Å²) in [5, 5.41) is 0. The number of aromatic nitrogens is 1. The van der Waals surface area contributed by atoms with Crippen LogP contribution < -0.4 is 0 Å². The van der Waals surface area contributed by atoms with Gasteiger partial charge in [0.25, 0.3) is 15.9 Å². The lowest BCUT2D eigenvalue weighted by Gasteiger charge is -2.33. The first kappa shape index (κ1) is 22.0. The molecule has 1 aliphatic heterocycles. The molecule has 1 amide bonds. The summed E-state index contributed by atoms with van der Waals surface area (Å²) in [6.07, 6.45) is 3.19. The minimum atomic E-state index is -3.84. The first-order valence-electron chi connectivity index (χ1n) is 9.47. The molecule has 1 aliphatic rings. The fraction of sp³-hybridized carbons (Fsp3) is 0.400. The molecule has 10 heteroatoms. The molecule has 0 bridgehead atoms. The lowest BCUT2D eigenvalue weighted by molar-refractivity contribution is -0.0258. The summed E-state index contributed by atoms with van der Waals surface area (Å²) in [5.74, 6) is -0.621. The van der Waals surface area contributed by atoms with Crippen LogP contribution in [0.2, 0.25) is 0 Å². The van der Waals surface area contributed by atoms with Crippen molar-refractivity contribution in [2.24, 2.45) is 0 Å². The third-order valence-corrected chi connectivity index (χ3v) is 6.97. The topological polar surface area (TPSA) is 98.2 Å². The van der Waals surface area contributed by atoms with Gasteiger partial charge in [-0.25, -0.2) is 13.2 Å². The molecule has 0 radical (unpaired) electrons. The van der Waals surface area contributed by atoms with Crippen LogP contribution in [0.15, 0.2) is 47.5 Å². The zero-order valence-corrected chi connectivity index (χ0v) is 18.0. The Labute approximate surface area is 175 Å². The molecule has 1 fully saturated rings. The number of rotatable bonds is 6. The van der Waals surface area contributed by atoms with Gasteiger partial charge in [-0.3, -0.25) is 9.63 Å². The van der Waals surface area contributed by atoms with Crippen LogP contribution in [0.5, 0.6) is 0 Å². The van der Waals surface area contributed by atoms with E-state index in [-0.39, 0.29) is 16.8 Å². The molecular weight excluding hydrogens is 410 g/mol. The second-order valence-corrected chi connectivity index (χ2v) is 8.88. The van der Waals surface area contributed by atoms with E-state index in [1.807, 2.05) is 10.8 Å². The number of benzene rings is 1. The number of esters is 1. The number of hydrogen-bond donors (Lipinski definition) is 0. The molecule has 0 spiro atoms. The number of carbonyl (C=O) groups is 2. The first-order chi connectivity index (χ1) is 14.3. The summed E-state index contributed by atoms with van der Waals surface area (Å²) in [4.78, 5) is 31.3. The van der Waals surface area contributed by atoms with Gasteiger partial charge in [0.1, 0.15) is 5.69 Å². The Morgan fingerprint density at radius 3 is 2.43 bits per heavy atom. The van der Waals surface area contributed by atoms with Gasteiger partial charge in [0, 0.05) is 37.9 Å². The minimum absolute atomic E-state index is 0.0114. The Balaban J connectivity index is 1.71. The molecule has 1 aromatic carbocycles. The van der Waals surface area contributed by atoms with Gasteiger partial charge in [0.15, 0.2) is 0 Å². The Kier molecular flexibility index (Phi) is 6.59. The van der Waals surface area contributed by atoms with Crippen LogP contribution in [0.25, 0.3) is 0 Å². The predicted octanol–water partition coefficient (Wildman–Crippen LogP) is 1.93. The zero-order valence-electron chi connectivity index (χ0n) is 17.1. The van der Waals surface area contributed by atoms with Crippen molar-refractivity contribution in [3.8, 4) is 0 Å². The van der Waals surface area contributed by atoms with Gasteiger partial charge >= 0.3 is 5.97 Å². The Hall–Kier alpha value is -2.69. The maximum Gasteiger partial charge on any atom is 0.354 e. The Morgan fingerprint density at radius 2 is 1.80 bits per heavy atom. The third-order valence-electron chi connectivity index (χ3n) is 5.29. The standard InChI is InChI=1S/C20H25N3O6S/c1-21(29-3)30(26,27)17-7-4-6-15(14-17)19(24)22-12-9-16(10-13-22)23-11-5-8-18(23)20(25)28-2/h4-8,11,14,16H,9-10,12-13H2,1-3H3. The molecule has 0 saturated carbocycles. The lowest BCUT2D eigenvalue weighted by Crippen LogP contribution is -2.39. The van der Waals surface area contributed by atoms with Crippen molar-refractivity contribution in [3.63, 3.8) is 0 Å². The van der Waals surface area contributed by atoms with Gasteiger partial charge in [0.2, 0.25) is 0 Å². The molecule has 0 aliphatic carbocycles. The van der Waals surface area contributed by atoms with Crippen molar-refractivity contribution in [3.05, 3.63) is 53.9 Å². The van der Waals surface area contributed by atoms with Crippen LogP contribution in [-0.2, 0) is 19.6 Å². The zero-order chi connectivity index (χ0) is 21.9. The molecule has 9 nitrogen and oxygen atoms in total. The summed E-state index contributed by atoms with van der Waals surface area (Å²) in [6.45, 7) is 0.995. The number of carbonyl (C=O) groups excluding carboxylic acids is 2. The van der Waals surface area contributed by atoms with Gasteiger partial charge in [0.05, 0.1) is 19.1 Å². The van der Waals surface area contributed by atoms with E-state index in [0.717, 1.165) is 4.47 Å². The summed E-state index contributed by atoms with van der Waals surface area (Å²) in [7, 11) is 0.0576. The van der Waals surface area contributed by atoms with E-state index in [1.54, 1.807) is 29.2 Å². The smallest absolute Gasteiger partial charge is 0.354 e.